The smallest absolute Gasteiger partial charge is 0.234 e. The van der Waals surface area contributed by atoms with Crippen LogP contribution in [0.25, 0.3) is 0 Å². The molecule has 4 rings (SSSR count). The van der Waals surface area contributed by atoms with E-state index >= 15 is 0 Å². The van der Waals surface area contributed by atoms with E-state index in [0.717, 1.165) is 19.5 Å². The van der Waals surface area contributed by atoms with E-state index in [0.29, 0.717) is 31.7 Å². The molecule has 4 atom stereocenters. The van der Waals surface area contributed by atoms with Gasteiger partial charge in [-0.05, 0) is 18.3 Å². The van der Waals surface area contributed by atoms with Crippen LogP contribution < -0.4 is 0 Å². The van der Waals surface area contributed by atoms with Gasteiger partial charge in [-0.15, -0.1) is 0 Å². The number of rotatable bonds is 2. The minimum atomic E-state index is -0.0662. The molecule has 0 aromatic carbocycles. The van der Waals surface area contributed by atoms with Crippen LogP contribution >= 0.6 is 0 Å². The summed E-state index contributed by atoms with van der Waals surface area (Å²) < 4.78 is 5.30. The molecule has 102 valence electrons. The summed E-state index contributed by atoms with van der Waals surface area (Å²) >= 11 is 0. The Balaban J connectivity index is 1.52. The van der Waals surface area contributed by atoms with Crippen molar-refractivity contribution in [2.75, 3.05) is 33.0 Å². The van der Waals surface area contributed by atoms with E-state index in [4.69, 9.17) is 4.74 Å². The second-order valence-corrected chi connectivity index (χ2v) is 5.98. The highest BCUT2D eigenvalue weighted by Crippen LogP contribution is 2.52. The summed E-state index contributed by atoms with van der Waals surface area (Å²) in [6, 6.07) is 0. The second kappa shape index (κ2) is 4.15. The summed E-state index contributed by atoms with van der Waals surface area (Å²) in [6.45, 7) is 3.44. The van der Waals surface area contributed by atoms with Gasteiger partial charge in [-0.25, -0.2) is 0 Å². The zero-order valence-electron chi connectivity index (χ0n) is 10.8. The zero-order valence-corrected chi connectivity index (χ0v) is 10.8. The first-order chi connectivity index (χ1) is 9.25. The van der Waals surface area contributed by atoms with Gasteiger partial charge in [0.15, 0.2) is 0 Å². The Bertz CT molecular complexity index is 426. The SMILES string of the molecule is O=C1[C@@H]2[C@@H](C(=O)N1CN1CCOCC1)[C@H]1C=C[C@H]2C1. The number of hydrogen-bond acceptors (Lipinski definition) is 4. The highest BCUT2D eigenvalue weighted by molar-refractivity contribution is 6.06. The molecule has 4 aliphatic rings. The van der Waals surface area contributed by atoms with Crippen LogP contribution in [0.2, 0.25) is 0 Å². The van der Waals surface area contributed by atoms with E-state index in [1.807, 2.05) is 0 Å². The lowest BCUT2D eigenvalue weighted by Crippen LogP contribution is -2.46. The third kappa shape index (κ3) is 1.61. The summed E-state index contributed by atoms with van der Waals surface area (Å²) in [7, 11) is 0. The second-order valence-electron chi connectivity index (χ2n) is 5.98. The van der Waals surface area contributed by atoms with Gasteiger partial charge in [-0.2, -0.15) is 0 Å². The van der Waals surface area contributed by atoms with Crippen LogP contribution in [0.5, 0.6) is 0 Å². The number of ether oxygens (including phenoxy) is 1. The van der Waals surface area contributed by atoms with Gasteiger partial charge in [0.1, 0.15) is 0 Å². The first kappa shape index (κ1) is 11.6. The van der Waals surface area contributed by atoms with Crippen LogP contribution in [0.1, 0.15) is 6.42 Å². The number of likely N-dealkylation sites (tertiary alicyclic amines) is 1. The van der Waals surface area contributed by atoms with Gasteiger partial charge >= 0.3 is 0 Å². The van der Waals surface area contributed by atoms with E-state index in [1.165, 1.54) is 4.90 Å². The summed E-state index contributed by atoms with van der Waals surface area (Å²) in [6.07, 6.45) is 5.27. The third-order valence-corrected chi connectivity index (χ3v) is 5.01. The molecular weight excluding hydrogens is 244 g/mol. The molecule has 0 spiro atoms. The van der Waals surface area contributed by atoms with Crippen LogP contribution in [0.15, 0.2) is 12.2 Å². The summed E-state index contributed by atoms with van der Waals surface area (Å²) in [4.78, 5) is 28.6. The maximum atomic E-state index is 12.5. The Morgan fingerprint density at radius 2 is 1.63 bits per heavy atom. The molecule has 2 aliphatic heterocycles. The molecule has 1 saturated carbocycles. The lowest BCUT2D eigenvalue weighted by Gasteiger charge is -2.30. The summed E-state index contributed by atoms with van der Waals surface area (Å²) in [5.74, 6) is 0.589. The third-order valence-electron chi connectivity index (χ3n) is 5.01. The number of carbonyl (C=O) groups excluding carboxylic acids is 2. The normalized spacial score (nSPS) is 41.4. The highest BCUT2D eigenvalue weighted by atomic mass is 16.5. The number of carbonyl (C=O) groups is 2. The van der Waals surface area contributed by atoms with E-state index in [-0.39, 0.29) is 23.7 Å². The fourth-order valence-corrected chi connectivity index (χ4v) is 4.05. The van der Waals surface area contributed by atoms with Crippen molar-refractivity contribution < 1.29 is 14.3 Å². The predicted octanol–water partition coefficient (Wildman–Crippen LogP) is 0.0832. The molecule has 2 bridgehead atoms. The van der Waals surface area contributed by atoms with Crippen LogP contribution in [0.4, 0.5) is 0 Å². The van der Waals surface area contributed by atoms with Gasteiger partial charge in [0, 0.05) is 13.1 Å². The predicted molar refractivity (Wildman–Crippen MR) is 66.8 cm³/mol. The standard InChI is InChI=1S/C14H18N2O3/c17-13-11-9-1-2-10(7-9)12(11)14(18)16(13)8-15-3-5-19-6-4-15/h1-2,9-12H,3-8H2/t9-,10-,11-,12-/m0/s1. The van der Waals surface area contributed by atoms with Gasteiger partial charge in [-0.3, -0.25) is 19.4 Å². The molecular formula is C14H18N2O3. The largest absolute Gasteiger partial charge is 0.379 e. The molecule has 0 N–H and O–H groups in total. The topological polar surface area (TPSA) is 49.9 Å². The molecule has 0 aromatic heterocycles. The lowest BCUT2D eigenvalue weighted by atomic mass is 9.85. The zero-order chi connectivity index (χ0) is 13.0. The molecule has 2 saturated heterocycles. The minimum absolute atomic E-state index is 0.0540. The number of hydrogen-bond donors (Lipinski definition) is 0. The molecule has 5 heteroatoms. The van der Waals surface area contributed by atoms with Crippen LogP contribution in [0, 0.1) is 23.7 Å². The van der Waals surface area contributed by atoms with Crippen molar-refractivity contribution in [3.8, 4) is 0 Å². The first-order valence-electron chi connectivity index (χ1n) is 7.09. The molecule has 0 unspecified atom stereocenters. The Hall–Kier alpha value is -1.20. The highest BCUT2D eigenvalue weighted by Gasteiger charge is 2.59. The lowest BCUT2D eigenvalue weighted by molar-refractivity contribution is -0.144. The number of allylic oxidation sites excluding steroid dienone is 2. The average Bonchev–Trinajstić information content (AvgIpc) is 3.10. The maximum Gasteiger partial charge on any atom is 0.234 e. The van der Waals surface area contributed by atoms with Gasteiger partial charge in [0.05, 0.1) is 31.7 Å². The molecule has 2 amide bonds. The van der Waals surface area contributed by atoms with Gasteiger partial charge < -0.3 is 4.74 Å². The maximum absolute atomic E-state index is 12.5. The molecule has 3 fully saturated rings. The van der Waals surface area contributed by atoms with E-state index in [1.54, 1.807) is 0 Å². The Kier molecular flexibility index (Phi) is 2.53. The molecule has 5 nitrogen and oxygen atoms in total. The van der Waals surface area contributed by atoms with Crippen LogP contribution in [0.3, 0.4) is 0 Å². The van der Waals surface area contributed by atoms with Crippen molar-refractivity contribution in [1.82, 2.24) is 9.80 Å². The van der Waals surface area contributed by atoms with E-state index in [2.05, 4.69) is 17.1 Å². The van der Waals surface area contributed by atoms with Crippen molar-refractivity contribution in [2.45, 2.75) is 6.42 Å². The Labute approximate surface area is 112 Å². The fraction of sp³-hybridized carbons (Fsp3) is 0.714. The fourth-order valence-electron chi connectivity index (χ4n) is 4.05. The Morgan fingerprint density at radius 3 is 2.21 bits per heavy atom. The van der Waals surface area contributed by atoms with Crippen LogP contribution in [-0.2, 0) is 14.3 Å². The number of amides is 2. The van der Waals surface area contributed by atoms with Crippen molar-refractivity contribution in [1.29, 1.82) is 0 Å². The van der Waals surface area contributed by atoms with E-state index in [9.17, 15) is 9.59 Å². The number of morpholine rings is 1. The molecule has 0 radical (unpaired) electrons. The average molecular weight is 262 g/mol. The van der Waals surface area contributed by atoms with E-state index < -0.39 is 0 Å². The Morgan fingerprint density at radius 1 is 1.05 bits per heavy atom. The summed E-state index contributed by atoms with van der Waals surface area (Å²) in [5.41, 5.74) is 0. The molecule has 2 heterocycles. The molecule has 2 aliphatic carbocycles. The monoisotopic (exact) mass is 262 g/mol. The van der Waals surface area contributed by atoms with Crippen molar-refractivity contribution in [3.63, 3.8) is 0 Å². The number of nitrogens with zero attached hydrogens (tertiary/aromatic N) is 2. The van der Waals surface area contributed by atoms with Gasteiger partial charge in [0.25, 0.3) is 0 Å². The summed E-state index contributed by atoms with van der Waals surface area (Å²) in [5, 5.41) is 0. The van der Waals surface area contributed by atoms with Crippen molar-refractivity contribution >= 4 is 11.8 Å². The van der Waals surface area contributed by atoms with Gasteiger partial charge in [0.2, 0.25) is 11.8 Å². The van der Waals surface area contributed by atoms with Crippen molar-refractivity contribution in [3.05, 3.63) is 12.2 Å². The van der Waals surface area contributed by atoms with Crippen molar-refractivity contribution in [2.24, 2.45) is 23.7 Å². The number of imide groups is 1. The molecule has 0 aromatic rings. The molecule has 19 heavy (non-hydrogen) atoms. The first-order valence-corrected chi connectivity index (χ1v) is 7.09. The number of fused-ring (bicyclic) bond motifs is 5. The van der Waals surface area contributed by atoms with Gasteiger partial charge in [-0.1, -0.05) is 12.2 Å². The quantitative estimate of drug-likeness (QED) is 0.522. The minimum Gasteiger partial charge on any atom is -0.379 e. The van der Waals surface area contributed by atoms with Crippen LogP contribution in [-0.4, -0.2) is 54.6 Å².